The topological polar surface area (TPSA) is 45.8 Å². The largest absolute Gasteiger partial charge is 0.310 e. The average Bonchev–Trinajstić information content (AvgIpc) is 2.27. The summed E-state index contributed by atoms with van der Waals surface area (Å²) in [6, 6.07) is 0. The van der Waals surface area contributed by atoms with Crippen LogP contribution in [0.15, 0.2) is 4.79 Å². The van der Waals surface area contributed by atoms with E-state index >= 15 is 0 Å². The van der Waals surface area contributed by atoms with Gasteiger partial charge < -0.3 is 4.98 Å². The van der Waals surface area contributed by atoms with Crippen LogP contribution in [0.2, 0.25) is 0 Å². The lowest BCUT2D eigenvalue weighted by atomic mass is 9.82. The molecule has 100 valence electrons. The number of nitrogens with one attached hydrogen (secondary N) is 1. The summed E-state index contributed by atoms with van der Waals surface area (Å²) in [4.78, 5) is 19.8. The molecule has 0 saturated heterocycles. The van der Waals surface area contributed by atoms with Crippen LogP contribution < -0.4 is 5.56 Å². The second kappa shape index (κ2) is 5.25. The van der Waals surface area contributed by atoms with Gasteiger partial charge in [-0.3, -0.25) is 4.79 Å². The number of hydrogen-bond donors (Lipinski definition) is 1. The molecule has 1 aliphatic rings. The molecule has 0 aliphatic heterocycles. The van der Waals surface area contributed by atoms with Gasteiger partial charge in [-0.25, -0.2) is 4.98 Å². The molecule has 1 fully saturated rings. The summed E-state index contributed by atoms with van der Waals surface area (Å²) < 4.78 is 0. The second-order valence-corrected chi connectivity index (χ2v) is 6.07. The van der Waals surface area contributed by atoms with Crippen molar-refractivity contribution in [3.63, 3.8) is 0 Å². The third kappa shape index (κ3) is 2.65. The first-order valence-electron chi connectivity index (χ1n) is 7.09. The first kappa shape index (κ1) is 13.3. The smallest absolute Gasteiger partial charge is 0.254 e. The van der Waals surface area contributed by atoms with Crippen LogP contribution in [0.1, 0.15) is 75.4 Å². The molecule has 0 aromatic carbocycles. The Morgan fingerprint density at radius 2 is 2.06 bits per heavy atom. The Kier molecular flexibility index (Phi) is 3.88. The highest BCUT2D eigenvalue weighted by atomic mass is 16.1. The minimum atomic E-state index is 0.0609. The molecule has 1 aromatic heterocycles. The van der Waals surface area contributed by atoms with Crippen LogP contribution in [-0.4, -0.2) is 9.97 Å². The van der Waals surface area contributed by atoms with Gasteiger partial charge in [0, 0.05) is 17.2 Å². The van der Waals surface area contributed by atoms with E-state index in [9.17, 15) is 4.79 Å². The normalized spacial score (nSPS) is 24.5. The van der Waals surface area contributed by atoms with Crippen molar-refractivity contribution in [3.05, 3.63) is 27.4 Å². The lowest BCUT2D eigenvalue weighted by Crippen LogP contribution is -2.23. The Balaban J connectivity index is 2.33. The van der Waals surface area contributed by atoms with E-state index in [1.54, 1.807) is 0 Å². The Labute approximate surface area is 109 Å². The highest BCUT2D eigenvalue weighted by molar-refractivity contribution is 5.21. The molecule has 1 N–H and O–H groups in total. The molecular weight excluding hydrogens is 224 g/mol. The Hall–Kier alpha value is -1.12. The van der Waals surface area contributed by atoms with Gasteiger partial charge in [0.05, 0.1) is 0 Å². The summed E-state index contributed by atoms with van der Waals surface area (Å²) in [5.41, 5.74) is 1.80. The first-order valence-corrected chi connectivity index (χ1v) is 7.09. The predicted octanol–water partition coefficient (Wildman–Crippen LogP) is 3.50. The summed E-state index contributed by atoms with van der Waals surface area (Å²) in [5, 5.41) is 0. The number of nitrogens with zero attached hydrogens (tertiary/aromatic N) is 1. The molecule has 0 radical (unpaired) electrons. The predicted molar refractivity (Wildman–Crippen MR) is 74.1 cm³/mol. The fourth-order valence-corrected chi connectivity index (χ4v) is 3.17. The molecule has 2 unspecified atom stereocenters. The summed E-state index contributed by atoms with van der Waals surface area (Å²) in [7, 11) is 0. The third-order valence-corrected chi connectivity index (χ3v) is 4.06. The fourth-order valence-electron chi connectivity index (χ4n) is 3.17. The van der Waals surface area contributed by atoms with Gasteiger partial charge in [0.1, 0.15) is 5.82 Å². The van der Waals surface area contributed by atoms with E-state index in [4.69, 9.17) is 0 Å². The number of aromatic amines is 1. The standard InChI is InChI=1S/C15H24N2O/c1-9(2)13-11(4)16-14(17-15(13)18)12-7-5-6-10(3)8-12/h9-10,12H,5-8H2,1-4H3,(H,16,17,18). The minimum absolute atomic E-state index is 0.0609. The zero-order valence-electron chi connectivity index (χ0n) is 11.9. The van der Waals surface area contributed by atoms with Crippen LogP contribution in [0.25, 0.3) is 0 Å². The molecule has 2 atom stereocenters. The van der Waals surface area contributed by atoms with Gasteiger partial charge in [-0.15, -0.1) is 0 Å². The van der Waals surface area contributed by atoms with Crippen LogP contribution >= 0.6 is 0 Å². The molecule has 3 heteroatoms. The Morgan fingerprint density at radius 1 is 1.33 bits per heavy atom. The first-order chi connectivity index (χ1) is 8.49. The van der Waals surface area contributed by atoms with E-state index in [2.05, 4.69) is 16.9 Å². The monoisotopic (exact) mass is 248 g/mol. The van der Waals surface area contributed by atoms with E-state index in [-0.39, 0.29) is 11.5 Å². The van der Waals surface area contributed by atoms with E-state index in [0.29, 0.717) is 5.92 Å². The van der Waals surface area contributed by atoms with Gasteiger partial charge in [0.25, 0.3) is 5.56 Å². The average molecular weight is 248 g/mol. The molecule has 0 amide bonds. The summed E-state index contributed by atoms with van der Waals surface area (Å²) in [6.45, 7) is 8.34. The van der Waals surface area contributed by atoms with Crippen molar-refractivity contribution in [1.29, 1.82) is 0 Å². The van der Waals surface area contributed by atoms with Crippen molar-refractivity contribution < 1.29 is 0 Å². The molecular formula is C15H24N2O. The zero-order valence-corrected chi connectivity index (χ0v) is 11.9. The molecule has 18 heavy (non-hydrogen) atoms. The second-order valence-electron chi connectivity index (χ2n) is 6.07. The minimum Gasteiger partial charge on any atom is -0.310 e. The van der Waals surface area contributed by atoms with Gasteiger partial charge in [0.2, 0.25) is 0 Å². The van der Waals surface area contributed by atoms with E-state index in [1.165, 1.54) is 12.8 Å². The van der Waals surface area contributed by atoms with Gasteiger partial charge in [0.15, 0.2) is 0 Å². The number of aryl methyl sites for hydroxylation is 1. The summed E-state index contributed by atoms with van der Waals surface area (Å²) >= 11 is 0. The quantitative estimate of drug-likeness (QED) is 0.870. The molecule has 1 aromatic rings. The SMILES string of the molecule is Cc1nc(C2CCCC(C)C2)[nH]c(=O)c1C(C)C. The molecule has 0 bridgehead atoms. The summed E-state index contributed by atoms with van der Waals surface area (Å²) in [6.07, 6.45) is 4.88. The van der Waals surface area contributed by atoms with Crippen molar-refractivity contribution in [3.8, 4) is 0 Å². The Morgan fingerprint density at radius 3 is 2.61 bits per heavy atom. The van der Waals surface area contributed by atoms with Crippen molar-refractivity contribution in [2.24, 2.45) is 5.92 Å². The zero-order chi connectivity index (χ0) is 13.3. The number of H-pyrrole nitrogens is 1. The fraction of sp³-hybridized carbons (Fsp3) is 0.733. The maximum atomic E-state index is 12.1. The van der Waals surface area contributed by atoms with Crippen LogP contribution in [0, 0.1) is 12.8 Å². The van der Waals surface area contributed by atoms with Crippen LogP contribution in [-0.2, 0) is 0 Å². The number of rotatable bonds is 2. The van der Waals surface area contributed by atoms with Crippen molar-refractivity contribution >= 4 is 0 Å². The van der Waals surface area contributed by atoms with Gasteiger partial charge in [-0.05, 0) is 31.6 Å². The number of aromatic nitrogens is 2. The number of hydrogen-bond acceptors (Lipinski definition) is 2. The third-order valence-electron chi connectivity index (χ3n) is 4.06. The molecule has 0 spiro atoms. The van der Waals surface area contributed by atoms with E-state index < -0.39 is 0 Å². The Bertz CT molecular complexity index is 476. The lowest BCUT2D eigenvalue weighted by molar-refractivity contribution is 0.334. The van der Waals surface area contributed by atoms with Gasteiger partial charge in [-0.1, -0.05) is 33.6 Å². The van der Waals surface area contributed by atoms with E-state index in [1.807, 2.05) is 20.8 Å². The van der Waals surface area contributed by atoms with Crippen molar-refractivity contribution in [2.75, 3.05) is 0 Å². The molecule has 3 nitrogen and oxygen atoms in total. The van der Waals surface area contributed by atoms with Gasteiger partial charge >= 0.3 is 0 Å². The van der Waals surface area contributed by atoms with Crippen LogP contribution in [0.4, 0.5) is 0 Å². The maximum Gasteiger partial charge on any atom is 0.254 e. The van der Waals surface area contributed by atoms with Crippen LogP contribution in [0.5, 0.6) is 0 Å². The molecule has 1 saturated carbocycles. The van der Waals surface area contributed by atoms with E-state index in [0.717, 1.165) is 35.8 Å². The molecule has 1 aliphatic carbocycles. The molecule has 2 rings (SSSR count). The summed E-state index contributed by atoms with van der Waals surface area (Å²) in [5.74, 6) is 2.34. The van der Waals surface area contributed by atoms with Crippen molar-refractivity contribution in [1.82, 2.24) is 9.97 Å². The highest BCUT2D eigenvalue weighted by Gasteiger charge is 2.23. The lowest BCUT2D eigenvalue weighted by Gasteiger charge is -2.26. The van der Waals surface area contributed by atoms with Gasteiger partial charge in [-0.2, -0.15) is 0 Å². The maximum absolute atomic E-state index is 12.1. The van der Waals surface area contributed by atoms with Crippen molar-refractivity contribution in [2.45, 2.75) is 65.2 Å². The highest BCUT2D eigenvalue weighted by Crippen LogP contribution is 2.34. The van der Waals surface area contributed by atoms with Crippen LogP contribution in [0.3, 0.4) is 0 Å². The molecule has 1 heterocycles.